The summed E-state index contributed by atoms with van der Waals surface area (Å²) in [4.78, 5) is 25.9. The molecular formula is C22H16F3N5O3. The quantitative estimate of drug-likeness (QED) is 0.508. The number of pyridine rings is 1. The normalized spacial score (nSPS) is 16.0. The van der Waals surface area contributed by atoms with Crippen LogP contribution in [-0.4, -0.2) is 43.7 Å². The highest BCUT2D eigenvalue weighted by atomic mass is 19.1. The second-order valence-corrected chi connectivity index (χ2v) is 7.71. The van der Waals surface area contributed by atoms with Gasteiger partial charge in [0, 0.05) is 31.2 Å². The number of carboxylic acid groups (broad SMARTS) is 1. The molecule has 0 amide bonds. The lowest BCUT2D eigenvalue weighted by Crippen LogP contribution is -2.25. The number of aromatic nitrogens is 4. The van der Waals surface area contributed by atoms with Crippen LogP contribution in [0.4, 0.5) is 18.9 Å². The van der Waals surface area contributed by atoms with Crippen molar-refractivity contribution < 1.29 is 23.1 Å². The number of benzene rings is 2. The van der Waals surface area contributed by atoms with E-state index in [0.29, 0.717) is 13.0 Å². The molecule has 3 heterocycles. The summed E-state index contributed by atoms with van der Waals surface area (Å²) in [7, 11) is 0. The van der Waals surface area contributed by atoms with Crippen LogP contribution >= 0.6 is 0 Å². The molecular weight excluding hydrogens is 439 g/mol. The van der Waals surface area contributed by atoms with Gasteiger partial charge in [0.15, 0.2) is 5.82 Å². The van der Waals surface area contributed by atoms with E-state index in [0.717, 1.165) is 29.0 Å². The van der Waals surface area contributed by atoms with E-state index in [1.807, 2.05) is 0 Å². The Hall–Kier alpha value is -4.15. The van der Waals surface area contributed by atoms with Gasteiger partial charge in [-0.1, -0.05) is 5.21 Å². The van der Waals surface area contributed by atoms with Gasteiger partial charge in [0.25, 0.3) is 0 Å². The molecule has 1 saturated heterocycles. The van der Waals surface area contributed by atoms with Crippen LogP contribution in [0.2, 0.25) is 0 Å². The summed E-state index contributed by atoms with van der Waals surface area (Å²) in [5, 5.41) is 16.7. The number of rotatable bonds is 4. The van der Waals surface area contributed by atoms with Crippen LogP contribution in [0.5, 0.6) is 0 Å². The van der Waals surface area contributed by atoms with E-state index in [9.17, 15) is 19.1 Å². The van der Waals surface area contributed by atoms with Gasteiger partial charge in [-0.25, -0.2) is 22.6 Å². The lowest BCUT2D eigenvalue weighted by atomic mass is 10.1. The largest absolute Gasteiger partial charge is 0.477 e. The number of hydrogen-bond acceptors (Lipinski definition) is 5. The predicted molar refractivity (Wildman–Crippen MR) is 112 cm³/mol. The molecule has 11 heteroatoms. The van der Waals surface area contributed by atoms with Gasteiger partial charge in [0.05, 0.1) is 23.1 Å². The molecule has 1 aliphatic rings. The molecule has 1 fully saturated rings. The highest BCUT2D eigenvalue weighted by Crippen LogP contribution is 2.35. The lowest BCUT2D eigenvalue weighted by Gasteiger charge is -2.22. The van der Waals surface area contributed by atoms with Crippen LogP contribution in [0.3, 0.4) is 0 Å². The summed E-state index contributed by atoms with van der Waals surface area (Å²) < 4.78 is 47.2. The standard InChI is InChI=1S/C22H16F3N5O3/c23-12-1-3-13(4-2-12)29-11-16(22(32)33)21(31)15-9-17(24)20(18(25)19(15)29)28-7-5-14(10-28)30-8-6-26-27-30/h1-4,6,8-9,11,14H,5,7,10H2,(H,32,33). The summed E-state index contributed by atoms with van der Waals surface area (Å²) in [6.07, 6.45) is 4.72. The molecule has 0 spiro atoms. The summed E-state index contributed by atoms with van der Waals surface area (Å²) >= 11 is 0. The van der Waals surface area contributed by atoms with Crippen molar-refractivity contribution in [1.82, 2.24) is 19.6 Å². The number of hydrogen-bond donors (Lipinski definition) is 1. The van der Waals surface area contributed by atoms with Crippen molar-refractivity contribution in [3.63, 3.8) is 0 Å². The number of nitrogens with zero attached hydrogens (tertiary/aromatic N) is 5. The van der Waals surface area contributed by atoms with E-state index in [-0.39, 0.29) is 29.5 Å². The molecule has 8 nitrogen and oxygen atoms in total. The van der Waals surface area contributed by atoms with Gasteiger partial charge in [-0.05, 0) is 36.8 Å². The molecule has 2 aromatic carbocycles. The van der Waals surface area contributed by atoms with Gasteiger partial charge < -0.3 is 14.6 Å². The molecule has 4 aromatic rings. The Morgan fingerprint density at radius 2 is 1.91 bits per heavy atom. The molecule has 168 valence electrons. The predicted octanol–water partition coefficient (Wildman–Crippen LogP) is 3.15. The van der Waals surface area contributed by atoms with Crippen molar-refractivity contribution in [2.24, 2.45) is 0 Å². The Kier molecular flexibility index (Phi) is 4.88. The molecule has 0 radical (unpaired) electrons. The number of fused-ring (bicyclic) bond motifs is 1. The van der Waals surface area contributed by atoms with E-state index >= 15 is 8.78 Å². The Morgan fingerprint density at radius 3 is 2.58 bits per heavy atom. The molecule has 1 unspecified atom stereocenters. The Balaban J connectivity index is 1.73. The van der Waals surface area contributed by atoms with Crippen LogP contribution in [0.25, 0.3) is 16.6 Å². The second-order valence-electron chi connectivity index (χ2n) is 7.71. The van der Waals surface area contributed by atoms with E-state index in [1.54, 1.807) is 10.9 Å². The summed E-state index contributed by atoms with van der Waals surface area (Å²) in [5.74, 6) is -4.09. The first-order chi connectivity index (χ1) is 15.8. The maximum absolute atomic E-state index is 15.9. The summed E-state index contributed by atoms with van der Waals surface area (Å²) in [5.41, 5.74) is -2.09. The van der Waals surface area contributed by atoms with E-state index in [2.05, 4.69) is 10.3 Å². The van der Waals surface area contributed by atoms with Crippen molar-refractivity contribution in [3.05, 3.63) is 82.2 Å². The van der Waals surface area contributed by atoms with Gasteiger partial charge in [-0.15, -0.1) is 5.10 Å². The Bertz CT molecular complexity index is 1430. The average Bonchev–Trinajstić information content (AvgIpc) is 3.47. The fraction of sp³-hybridized carbons (Fsp3) is 0.182. The van der Waals surface area contributed by atoms with E-state index < -0.39 is 39.8 Å². The monoisotopic (exact) mass is 455 g/mol. The molecule has 0 aliphatic carbocycles. The van der Waals surface area contributed by atoms with Crippen LogP contribution < -0.4 is 10.3 Å². The smallest absolute Gasteiger partial charge is 0.341 e. The van der Waals surface area contributed by atoms with Crippen LogP contribution in [0.15, 0.2) is 53.7 Å². The SMILES string of the molecule is O=C(O)c1cn(-c2ccc(F)cc2)c2c(F)c(N3CCC(n4ccnn4)C3)c(F)cc2c1=O. The maximum atomic E-state index is 15.9. The minimum absolute atomic E-state index is 0.143. The van der Waals surface area contributed by atoms with Crippen LogP contribution in [0.1, 0.15) is 22.8 Å². The lowest BCUT2D eigenvalue weighted by molar-refractivity contribution is 0.0695. The molecule has 1 aliphatic heterocycles. The highest BCUT2D eigenvalue weighted by Gasteiger charge is 2.31. The Morgan fingerprint density at radius 1 is 1.15 bits per heavy atom. The molecule has 33 heavy (non-hydrogen) atoms. The van der Waals surface area contributed by atoms with Crippen LogP contribution in [-0.2, 0) is 0 Å². The van der Waals surface area contributed by atoms with Gasteiger partial charge in [0.2, 0.25) is 5.43 Å². The van der Waals surface area contributed by atoms with Gasteiger partial charge in [-0.3, -0.25) is 4.79 Å². The van der Waals surface area contributed by atoms with Gasteiger partial charge in [-0.2, -0.15) is 0 Å². The first-order valence-corrected chi connectivity index (χ1v) is 10.0. The zero-order chi connectivity index (χ0) is 23.3. The number of carbonyl (C=O) groups is 1. The number of aromatic carboxylic acids is 1. The third-order valence-corrected chi connectivity index (χ3v) is 5.79. The molecule has 1 N–H and O–H groups in total. The fourth-order valence-electron chi connectivity index (χ4n) is 4.23. The fourth-order valence-corrected chi connectivity index (χ4v) is 4.23. The number of carboxylic acids is 1. The first kappa shape index (κ1) is 20.7. The minimum atomic E-state index is -1.54. The molecule has 0 saturated carbocycles. The molecule has 2 aromatic heterocycles. The van der Waals surface area contributed by atoms with E-state index in [1.165, 1.54) is 23.2 Å². The third-order valence-electron chi connectivity index (χ3n) is 5.79. The maximum Gasteiger partial charge on any atom is 0.341 e. The summed E-state index contributed by atoms with van der Waals surface area (Å²) in [6.45, 7) is 0.592. The second kappa shape index (κ2) is 7.76. The van der Waals surface area contributed by atoms with Crippen molar-refractivity contribution in [2.75, 3.05) is 18.0 Å². The van der Waals surface area contributed by atoms with E-state index in [4.69, 9.17) is 0 Å². The molecule has 0 bridgehead atoms. The third kappa shape index (κ3) is 3.41. The van der Waals surface area contributed by atoms with Crippen LogP contribution in [0, 0.1) is 17.5 Å². The van der Waals surface area contributed by atoms with Gasteiger partial charge in [0.1, 0.15) is 22.9 Å². The van der Waals surface area contributed by atoms with Crippen molar-refractivity contribution in [2.45, 2.75) is 12.5 Å². The average molecular weight is 455 g/mol. The Labute approximate surface area is 184 Å². The number of halogens is 3. The molecule has 1 atom stereocenters. The first-order valence-electron chi connectivity index (χ1n) is 10.0. The van der Waals surface area contributed by atoms with Gasteiger partial charge >= 0.3 is 5.97 Å². The zero-order valence-corrected chi connectivity index (χ0v) is 17.0. The highest BCUT2D eigenvalue weighted by molar-refractivity contribution is 5.94. The topological polar surface area (TPSA) is 93.2 Å². The molecule has 5 rings (SSSR count). The number of anilines is 1. The minimum Gasteiger partial charge on any atom is -0.477 e. The van der Waals surface area contributed by atoms with Crippen molar-refractivity contribution >= 4 is 22.6 Å². The van der Waals surface area contributed by atoms with Crippen molar-refractivity contribution in [1.29, 1.82) is 0 Å². The van der Waals surface area contributed by atoms with Crippen molar-refractivity contribution in [3.8, 4) is 5.69 Å². The zero-order valence-electron chi connectivity index (χ0n) is 17.0. The summed E-state index contributed by atoms with van der Waals surface area (Å²) in [6, 6.07) is 5.56.